The van der Waals surface area contributed by atoms with Crippen LogP contribution in [0.4, 0.5) is 0 Å². The Hall–Kier alpha value is -0.600. The fraction of sp³-hybridized carbons (Fsp3) is 0.429. The van der Waals surface area contributed by atoms with E-state index in [9.17, 15) is 0 Å². The summed E-state index contributed by atoms with van der Waals surface area (Å²) in [6, 6.07) is 0. The van der Waals surface area contributed by atoms with Gasteiger partial charge in [0.1, 0.15) is 12.2 Å². The van der Waals surface area contributed by atoms with E-state index in [0.29, 0.717) is 6.61 Å². The number of rotatable bonds is 2. The first-order valence-electron chi connectivity index (χ1n) is 2.93. The Labute approximate surface area is 54.5 Å². The molecule has 1 aliphatic rings. The summed E-state index contributed by atoms with van der Waals surface area (Å²) in [7, 11) is 0. The zero-order valence-electron chi connectivity index (χ0n) is 5.16. The fourth-order valence-electron chi connectivity index (χ4n) is 0.758. The van der Waals surface area contributed by atoms with Gasteiger partial charge in [0.25, 0.3) is 0 Å². The lowest BCUT2D eigenvalue weighted by Crippen LogP contribution is -2.21. The molecule has 2 nitrogen and oxygen atoms in total. The Bertz CT molecular complexity index is 129. The van der Waals surface area contributed by atoms with E-state index in [0.717, 1.165) is 0 Å². The molecule has 2 atom stereocenters. The van der Waals surface area contributed by atoms with Crippen molar-refractivity contribution in [3.05, 3.63) is 24.8 Å². The van der Waals surface area contributed by atoms with Crippen LogP contribution >= 0.6 is 0 Å². The Morgan fingerprint density at radius 3 is 3.11 bits per heavy atom. The molecule has 9 heavy (non-hydrogen) atoms. The van der Waals surface area contributed by atoms with E-state index in [1.54, 1.807) is 0 Å². The third-order valence-electron chi connectivity index (χ3n) is 1.29. The van der Waals surface area contributed by atoms with E-state index in [1.807, 2.05) is 12.2 Å². The van der Waals surface area contributed by atoms with Crippen LogP contribution in [0, 0.1) is 0 Å². The van der Waals surface area contributed by atoms with Gasteiger partial charge in [-0.2, -0.15) is 0 Å². The van der Waals surface area contributed by atoms with E-state index in [4.69, 9.17) is 9.84 Å². The first kappa shape index (κ1) is 6.52. The smallest absolute Gasteiger partial charge is 0.106 e. The number of aliphatic hydroxyl groups is 1. The van der Waals surface area contributed by atoms with Crippen molar-refractivity contribution < 1.29 is 9.84 Å². The van der Waals surface area contributed by atoms with Gasteiger partial charge < -0.3 is 9.84 Å². The first-order chi connectivity index (χ1) is 4.34. The standard InChI is InChI=1S/C7H10O2/c1-2-6(8)7-4-3-5-9-7/h2-4,6-8H,1,5H2/t6-,7-/m1/s1. The molecule has 0 unspecified atom stereocenters. The molecule has 0 aromatic carbocycles. The lowest BCUT2D eigenvalue weighted by Gasteiger charge is -2.10. The van der Waals surface area contributed by atoms with Gasteiger partial charge in [-0.1, -0.05) is 18.2 Å². The average Bonchev–Trinajstić information content (AvgIpc) is 2.37. The summed E-state index contributed by atoms with van der Waals surface area (Å²) < 4.78 is 5.07. The average molecular weight is 126 g/mol. The van der Waals surface area contributed by atoms with Crippen molar-refractivity contribution in [3.8, 4) is 0 Å². The largest absolute Gasteiger partial charge is 0.386 e. The molecule has 1 aliphatic heterocycles. The van der Waals surface area contributed by atoms with Crippen LogP contribution in [0.15, 0.2) is 24.8 Å². The van der Waals surface area contributed by atoms with Gasteiger partial charge >= 0.3 is 0 Å². The summed E-state index contributed by atoms with van der Waals surface area (Å²) in [5, 5.41) is 9.06. The molecule has 0 bridgehead atoms. The molecule has 0 aromatic heterocycles. The van der Waals surface area contributed by atoms with Crippen molar-refractivity contribution in [2.24, 2.45) is 0 Å². The van der Waals surface area contributed by atoms with Crippen molar-refractivity contribution in [1.82, 2.24) is 0 Å². The predicted octanol–water partition coefficient (Wildman–Crippen LogP) is 0.488. The van der Waals surface area contributed by atoms with Crippen LogP contribution in [0.3, 0.4) is 0 Å². The summed E-state index contributed by atoms with van der Waals surface area (Å²) >= 11 is 0. The Kier molecular flexibility index (Phi) is 2.03. The Balaban J connectivity index is 2.42. The number of aliphatic hydroxyl groups excluding tert-OH is 1. The van der Waals surface area contributed by atoms with E-state index in [-0.39, 0.29) is 6.10 Å². The summed E-state index contributed by atoms with van der Waals surface area (Å²) in [4.78, 5) is 0. The molecule has 50 valence electrons. The molecule has 0 spiro atoms. The van der Waals surface area contributed by atoms with Crippen molar-refractivity contribution in [1.29, 1.82) is 0 Å². The van der Waals surface area contributed by atoms with Crippen LogP contribution in [0.1, 0.15) is 0 Å². The molecule has 0 fully saturated rings. The normalized spacial score (nSPS) is 28.3. The zero-order valence-corrected chi connectivity index (χ0v) is 5.16. The van der Waals surface area contributed by atoms with E-state index in [1.165, 1.54) is 6.08 Å². The molecular formula is C7H10O2. The van der Waals surface area contributed by atoms with Gasteiger partial charge in [-0.3, -0.25) is 0 Å². The van der Waals surface area contributed by atoms with Gasteiger partial charge in [-0.15, -0.1) is 6.58 Å². The second kappa shape index (κ2) is 2.80. The van der Waals surface area contributed by atoms with Crippen LogP contribution in [0.2, 0.25) is 0 Å². The van der Waals surface area contributed by atoms with Gasteiger partial charge in [-0.05, 0) is 0 Å². The molecule has 0 aliphatic carbocycles. The first-order valence-corrected chi connectivity index (χ1v) is 2.93. The number of ether oxygens (including phenoxy) is 1. The SMILES string of the molecule is C=C[C@@H](O)[C@H]1C=CCO1. The topological polar surface area (TPSA) is 29.5 Å². The van der Waals surface area contributed by atoms with E-state index >= 15 is 0 Å². The minimum atomic E-state index is -0.552. The lowest BCUT2D eigenvalue weighted by molar-refractivity contribution is 0.0382. The highest BCUT2D eigenvalue weighted by molar-refractivity contribution is 5.03. The highest BCUT2D eigenvalue weighted by Crippen LogP contribution is 2.07. The monoisotopic (exact) mass is 126 g/mol. The molecule has 1 heterocycles. The number of hydrogen-bond acceptors (Lipinski definition) is 2. The van der Waals surface area contributed by atoms with Gasteiger partial charge in [0.05, 0.1) is 6.61 Å². The Morgan fingerprint density at radius 1 is 1.89 bits per heavy atom. The minimum Gasteiger partial charge on any atom is -0.386 e. The van der Waals surface area contributed by atoms with Crippen molar-refractivity contribution in [2.45, 2.75) is 12.2 Å². The molecular weight excluding hydrogens is 116 g/mol. The maximum absolute atomic E-state index is 9.06. The van der Waals surface area contributed by atoms with Gasteiger partial charge in [0.15, 0.2) is 0 Å². The molecule has 1 N–H and O–H groups in total. The van der Waals surface area contributed by atoms with Crippen molar-refractivity contribution >= 4 is 0 Å². The predicted molar refractivity (Wildman–Crippen MR) is 35.1 cm³/mol. The highest BCUT2D eigenvalue weighted by Gasteiger charge is 2.15. The third-order valence-corrected chi connectivity index (χ3v) is 1.29. The molecule has 2 heteroatoms. The second-order valence-corrected chi connectivity index (χ2v) is 1.95. The summed E-state index contributed by atoms with van der Waals surface area (Å²) in [6.45, 7) is 4.05. The van der Waals surface area contributed by atoms with Crippen molar-refractivity contribution in [2.75, 3.05) is 6.61 Å². The highest BCUT2D eigenvalue weighted by atomic mass is 16.5. The van der Waals surface area contributed by atoms with Crippen LogP contribution in [0.25, 0.3) is 0 Å². The molecule has 0 amide bonds. The maximum Gasteiger partial charge on any atom is 0.106 e. The summed E-state index contributed by atoms with van der Waals surface area (Å²) in [5.74, 6) is 0. The lowest BCUT2D eigenvalue weighted by atomic mass is 10.2. The molecule has 0 aromatic rings. The minimum absolute atomic E-state index is 0.164. The molecule has 0 saturated carbocycles. The van der Waals surface area contributed by atoms with Crippen molar-refractivity contribution in [3.63, 3.8) is 0 Å². The quantitative estimate of drug-likeness (QED) is 0.545. The van der Waals surface area contributed by atoms with Crippen LogP contribution < -0.4 is 0 Å². The van der Waals surface area contributed by atoms with Crippen LogP contribution in [0.5, 0.6) is 0 Å². The second-order valence-electron chi connectivity index (χ2n) is 1.95. The van der Waals surface area contributed by atoms with E-state index < -0.39 is 6.10 Å². The van der Waals surface area contributed by atoms with Gasteiger partial charge in [0, 0.05) is 0 Å². The van der Waals surface area contributed by atoms with Crippen LogP contribution in [-0.2, 0) is 4.74 Å². The fourth-order valence-corrected chi connectivity index (χ4v) is 0.758. The Morgan fingerprint density at radius 2 is 2.67 bits per heavy atom. The summed E-state index contributed by atoms with van der Waals surface area (Å²) in [5.41, 5.74) is 0. The molecule has 0 saturated heterocycles. The zero-order chi connectivity index (χ0) is 6.69. The molecule has 0 radical (unpaired) electrons. The summed E-state index contributed by atoms with van der Waals surface area (Å²) in [6.07, 6.45) is 4.48. The molecule has 1 rings (SSSR count). The van der Waals surface area contributed by atoms with E-state index in [2.05, 4.69) is 6.58 Å². The van der Waals surface area contributed by atoms with Gasteiger partial charge in [0.2, 0.25) is 0 Å². The van der Waals surface area contributed by atoms with Crippen LogP contribution in [-0.4, -0.2) is 23.9 Å². The van der Waals surface area contributed by atoms with Gasteiger partial charge in [-0.25, -0.2) is 0 Å². The third kappa shape index (κ3) is 1.40. The maximum atomic E-state index is 9.06. The number of hydrogen-bond donors (Lipinski definition) is 1.